The van der Waals surface area contributed by atoms with Gasteiger partial charge in [0.05, 0.1) is 16.8 Å². The van der Waals surface area contributed by atoms with Crippen molar-refractivity contribution in [3.05, 3.63) is 62.6 Å². The Morgan fingerprint density at radius 3 is 2.50 bits per heavy atom. The third kappa shape index (κ3) is 3.30. The van der Waals surface area contributed by atoms with Gasteiger partial charge >= 0.3 is 0 Å². The number of halogens is 4. The molecule has 0 aliphatic heterocycles. The van der Waals surface area contributed by atoms with Crippen molar-refractivity contribution >= 4 is 33.2 Å². The number of hydrogen-bond donors (Lipinski definition) is 1. The summed E-state index contributed by atoms with van der Waals surface area (Å²) >= 11 is 9.41. The Labute approximate surface area is 130 Å². The van der Waals surface area contributed by atoms with Gasteiger partial charge in [0.2, 0.25) is 0 Å². The van der Waals surface area contributed by atoms with Gasteiger partial charge in [0.15, 0.2) is 0 Å². The molecule has 0 saturated heterocycles. The van der Waals surface area contributed by atoms with Crippen molar-refractivity contribution in [2.45, 2.75) is 19.9 Å². The number of rotatable bonds is 3. The van der Waals surface area contributed by atoms with Crippen molar-refractivity contribution in [2.24, 2.45) is 0 Å². The Kier molecular flexibility index (Phi) is 4.66. The quantitative estimate of drug-likeness (QED) is 0.722. The Bertz CT molecular complexity index is 646. The van der Waals surface area contributed by atoms with Crippen LogP contribution in [0.2, 0.25) is 5.02 Å². The van der Waals surface area contributed by atoms with Gasteiger partial charge in [0.1, 0.15) is 11.6 Å². The summed E-state index contributed by atoms with van der Waals surface area (Å²) in [5, 5.41) is 3.59. The first-order valence-corrected chi connectivity index (χ1v) is 7.22. The van der Waals surface area contributed by atoms with E-state index in [1.165, 1.54) is 19.1 Å². The van der Waals surface area contributed by atoms with E-state index >= 15 is 0 Å². The fourth-order valence-corrected chi connectivity index (χ4v) is 2.64. The fraction of sp³-hybridized carbons (Fsp3) is 0.200. The van der Waals surface area contributed by atoms with Crippen molar-refractivity contribution in [1.29, 1.82) is 0 Å². The first-order valence-electron chi connectivity index (χ1n) is 6.05. The van der Waals surface area contributed by atoms with Gasteiger partial charge in [-0.2, -0.15) is 0 Å². The number of nitrogens with one attached hydrogen (secondary N) is 1. The highest BCUT2D eigenvalue weighted by molar-refractivity contribution is 9.10. The molecule has 2 aromatic rings. The lowest BCUT2D eigenvalue weighted by Crippen LogP contribution is -2.10. The highest BCUT2D eigenvalue weighted by Gasteiger charge is 2.15. The molecule has 1 atom stereocenters. The van der Waals surface area contributed by atoms with Gasteiger partial charge in [-0.25, -0.2) is 8.78 Å². The summed E-state index contributed by atoms with van der Waals surface area (Å²) < 4.78 is 28.3. The summed E-state index contributed by atoms with van der Waals surface area (Å²) in [5.41, 5.74) is 1.23. The van der Waals surface area contributed by atoms with Crippen LogP contribution >= 0.6 is 27.5 Å². The normalized spacial score (nSPS) is 12.3. The molecule has 1 nitrogen and oxygen atoms in total. The fourth-order valence-electron chi connectivity index (χ4n) is 1.91. The van der Waals surface area contributed by atoms with E-state index in [4.69, 9.17) is 11.6 Å². The SMILES string of the molecule is Cc1cc(F)c(C(C)Nc2ccc(Br)cc2Cl)cc1F. The second kappa shape index (κ2) is 6.10. The second-order valence-corrected chi connectivity index (χ2v) is 5.94. The van der Waals surface area contributed by atoms with Gasteiger partial charge < -0.3 is 5.32 Å². The topological polar surface area (TPSA) is 12.0 Å². The second-order valence-electron chi connectivity index (χ2n) is 4.61. The predicted octanol–water partition coefficient (Wildman–Crippen LogP) is 5.86. The molecule has 1 unspecified atom stereocenters. The molecule has 1 N–H and O–H groups in total. The minimum absolute atomic E-state index is 0.270. The molecule has 0 saturated carbocycles. The van der Waals surface area contributed by atoms with Crippen LogP contribution in [0.4, 0.5) is 14.5 Å². The van der Waals surface area contributed by atoms with E-state index in [2.05, 4.69) is 21.2 Å². The van der Waals surface area contributed by atoms with Gasteiger partial charge in [-0.05, 0) is 49.7 Å². The molecule has 5 heteroatoms. The van der Waals surface area contributed by atoms with E-state index in [0.717, 1.165) is 4.47 Å². The summed E-state index contributed by atoms with van der Waals surface area (Å²) in [6.45, 7) is 3.29. The minimum Gasteiger partial charge on any atom is -0.377 e. The van der Waals surface area contributed by atoms with Crippen molar-refractivity contribution in [1.82, 2.24) is 0 Å². The Morgan fingerprint density at radius 2 is 1.85 bits per heavy atom. The van der Waals surface area contributed by atoms with Gasteiger partial charge in [-0.1, -0.05) is 27.5 Å². The van der Waals surface area contributed by atoms with Crippen LogP contribution in [0.25, 0.3) is 0 Å². The lowest BCUT2D eigenvalue weighted by atomic mass is 10.0. The highest BCUT2D eigenvalue weighted by atomic mass is 79.9. The zero-order valence-corrected chi connectivity index (χ0v) is 13.3. The molecule has 2 rings (SSSR count). The van der Waals surface area contributed by atoms with Gasteiger partial charge in [0, 0.05) is 10.0 Å². The molecule has 106 valence electrons. The number of aryl methyl sites for hydroxylation is 1. The largest absolute Gasteiger partial charge is 0.377 e. The summed E-state index contributed by atoms with van der Waals surface area (Å²) in [5.74, 6) is -0.853. The van der Waals surface area contributed by atoms with Crippen LogP contribution in [-0.2, 0) is 0 Å². The Morgan fingerprint density at radius 1 is 1.15 bits per heavy atom. The van der Waals surface area contributed by atoms with Gasteiger partial charge in [0.25, 0.3) is 0 Å². The van der Waals surface area contributed by atoms with Crippen molar-refractivity contribution in [2.75, 3.05) is 5.32 Å². The summed E-state index contributed by atoms with van der Waals surface area (Å²) in [6.07, 6.45) is 0. The molecule has 0 aromatic heterocycles. The third-order valence-corrected chi connectivity index (χ3v) is 3.85. The van der Waals surface area contributed by atoms with Crippen LogP contribution < -0.4 is 5.32 Å². The van der Waals surface area contributed by atoms with E-state index in [9.17, 15) is 8.78 Å². The van der Waals surface area contributed by atoms with Crippen molar-refractivity contribution in [3.8, 4) is 0 Å². The zero-order chi connectivity index (χ0) is 14.9. The maximum atomic E-state index is 13.9. The first-order chi connectivity index (χ1) is 9.38. The van der Waals surface area contributed by atoms with E-state index in [1.807, 2.05) is 6.07 Å². The standard InChI is InChI=1S/C15H13BrClF2N/c1-8-5-14(19)11(7-13(8)18)9(2)20-15-4-3-10(16)6-12(15)17/h3-7,9,20H,1-2H3. The summed E-state index contributed by atoms with van der Waals surface area (Å²) in [6, 6.07) is 7.37. The van der Waals surface area contributed by atoms with Gasteiger partial charge in [-0.3, -0.25) is 0 Å². The molecule has 0 amide bonds. The van der Waals surface area contributed by atoms with Crippen LogP contribution in [0.15, 0.2) is 34.8 Å². The van der Waals surface area contributed by atoms with Gasteiger partial charge in [-0.15, -0.1) is 0 Å². The molecule has 0 spiro atoms. The average molecular weight is 361 g/mol. The van der Waals surface area contributed by atoms with Crippen LogP contribution in [0.5, 0.6) is 0 Å². The Balaban J connectivity index is 2.28. The maximum absolute atomic E-state index is 13.9. The molecule has 0 aliphatic carbocycles. The van der Waals surface area contributed by atoms with Crippen LogP contribution in [0, 0.1) is 18.6 Å². The Hall–Kier alpha value is -1.13. The number of anilines is 1. The molecule has 0 aliphatic rings. The van der Waals surface area contributed by atoms with Crippen molar-refractivity contribution in [3.63, 3.8) is 0 Å². The molecule has 20 heavy (non-hydrogen) atoms. The summed E-state index contributed by atoms with van der Waals surface area (Å²) in [4.78, 5) is 0. The average Bonchev–Trinajstić information content (AvgIpc) is 2.37. The predicted molar refractivity (Wildman–Crippen MR) is 82.3 cm³/mol. The molecular formula is C15H13BrClF2N. The van der Waals surface area contributed by atoms with E-state index in [1.54, 1.807) is 19.1 Å². The van der Waals surface area contributed by atoms with Crippen LogP contribution in [-0.4, -0.2) is 0 Å². The molecule has 0 heterocycles. The van der Waals surface area contributed by atoms with E-state index < -0.39 is 17.7 Å². The monoisotopic (exact) mass is 359 g/mol. The number of hydrogen-bond acceptors (Lipinski definition) is 1. The van der Waals surface area contributed by atoms with Crippen LogP contribution in [0.1, 0.15) is 24.1 Å². The lowest BCUT2D eigenvalue weighted by molar-refractivity contribution is 0.571. The van der Waals surface area contributed by atoms with E-state index in [0.29, 0.717) is 16.3 Å². The van der Waals surface area contributed by atoms with Crippen molar-refractivity contribution < 1.29 is 8.78 Å². The van der Waals surface area contributed by atoms with Crippen LogP contribution in [0.3, 0.4) is 0 Å². The first kappa shape index (κ1) is 15.3. The molecule has 2 aromatic carbocycles. The zero-order valence-electron chi connectivity index (χ0n) is 11.0. The molecular weight excluding hydrogens is 348 g/mol. The molecule has 0 radical (unpaired) electrons. The van der Waals surface area contributed by atoms with E-state index in [-0.39, 0.29) is 5.56 Å². The molecule has 0 bridgehead atoms. The third-order valence-electron chi connectivity index (χ3n) is 3.05. The summed E-state index contributed by atoms with van der Waals surface area (Å²) in [7, 11) is 0. The lowest BCUT2D eigenvalue weighted by Gasteiger charge is -2.18. The highest BCUT2D eigenvalue weighted by Crippen LogP contribution is 2.30. The number of benzene rings is 2. The maximum Gasteiger partial charge on any atom is 0.128 e. The molecule has 0 fully saturated rings. The minimum atomic E-state index is -0.433. The smallest absolute Gasteiger partial charge is 0.128 e.